The fourth-order valence-electron chi connectivity index (χ4n) is 3.28. The molecule has 172 valence electrons. The van der Waals surface area contributed by atoms with Crippen LogP contribution in [0.4, 0.5) is 14.5 Å². The van der Waals surface area contributed by atoms with E-state index in [1.165, 1.54) is 49.6 Å². The van der Waals surface area contributed by atoms with Crippen LogP contribution < -0.4 is 19.7 Å². The maximum atomic E-state index is 13.3. The normalized spacial score (nSPS) is 14.9. The molecule has 1 saturated heterocycles. The monoisotopic (exact) mass is 480 g/mol. The van der Waals surface area contributed by atoms with Gasteiger partial charge in [0.15, 0.2) is 16.6 Å². The Morgan fingerprint density at radius 3 is 2.24 bits per heavy atom. The molecular weight excluding hydrogens is 462 g/mol. The van der Waals surface area contributed by atoms with Crippen LogP contribution in [0.3, 0.4) is 0 Å². The average molecular weight is 480 g/mol. The quantitative estimate of drug-likeness (QED) is 0.322. The fourth-order valence-corrected chi connectivity index (χ4v) is 3.56. The van der Waals surface area contributed by atoms with Crippen LogP contribution in [0.2, 0.25) is 0 Å². The second kappa shape index (κ2) is 9.80. The molecule has 0 unspecified atom stereocenters. The van der Waals surface area contributed by atoms with E-state index in [1.54, 1.807) is 30.3 Å². The van der Waals surface area contributed by atoms with Gasteiger partial charge in [-0.3, -0.25) is 19.8 Å². The van der Waals surface area contributed by atoms with Crippen molar-refractivity contribution in [3.8, 4) is 11.5 Å². The lowest BCUT2D eigenvalue weighted by Crippen LogP contribution is -2.54. The summed E-state index contributed by atoms with van der Waals surface area (Å²) < 4.78 is 37.5. The van der Waals surface area contributed by atoms with Crippen molar-refractivity contribution >= 4 is 40.9 Å². The van der Waals surface area contributed by atoms with Gasteiger partial charge in [0.1, 0.15) is 23.8 Å². The molecule has 0 saturated carbocycles. The number of hydrogen-bond donors (Lipinski definition) is 1. The SMILES string of the molecule is COc1cc(C=C2C(=O)NC(=S)N(c3ccc(F)cc3)C2=O)ccc1OCc1ccc(F)cc1. The Morgan fingerprint density at radius 1 is 0.941 bits per heavy atom. The van der Waals surface area contributed by atoms with Crippen LogP contribution in [0, 0.1) is 11.6 Å². The van der Waals surface area contributed by atoms with Gasteiger partial charge >= 0.3 is 0 Å². The number of benzene rings is 3. The average Bonchev–Trinajstić information content (AvgIpc) is 2.83. The van der Waals surface area contributed by atoms with Gasteiger partial charge in [-0.25, -0.2) is 8.78 Å². The Morgan fingerprint density at radius 2 is 1.59 bits per heavy atom. The Hall–Kier alpha value is -4.11. The minimum Gasteiger partial charge on any atom is -0.493 e. The lowest BCUT2D eigenvalue weighted by molar-refractivity contribution is -0.122. The molecule has 1 aliphatic heterocycles. The minimum atomic E-state index is -0.649. The first-order chi connectivity index (χ1) is 16.4. The zero-order chi connectivity index (χ0) is 24.2. The molecule has 6 nitrogen and oxygen atoms in total. The predicted molar refractivity (Wildman–Crippen MR) is 126 cm³/mol. The summed E-state index contributed by atoms with van der Waals surface area (Å²) in [6.45, 7) is 0.196. The first-order valence-corrected chi connectivity index (χ1v) is 10.5. The zero-order valence-electron chi connectivity index (χ0n) is 17.9. The molecule has 9 heteroatoms. The highest BCUT2D eigenvalue weighted by Crippen LogP contribution is 2.30. The van der Waals surface area contributed by atoms with Crippen molar-refractivity contribution in [2.75, 3.05) is 12.0 Å². The first-order valence-electron chi connectivity index (χ1n) is 10.1. The van der Waals surface area contributed by atoms with E-state index < -0.39 is 17.6 Å². The van der Waals surface area contributed by atoms with Crippen LogP contribution in [0.15, 0.2) is 72.3 Å². The van der Waals surface area contributed by atoms with E-state index in [9.17, 15) is 18.4 Å². The van der Waals surface area contributed by atoms with Crippen LogP contribution in [-0.4, -0.2) is 24.0 Å². The number of thiocarbonyl (C=S) groups is 1. The number of anilines is 1. The number of halogens is 2. The molecule has 1 heterocycles. The van der Waals surface area contributed by atoms with Gasteiger partial charge in [-0.15, -0.1) is 0 Å². The van der Waals surface area contributed by atoms with Gasteiger partial charge in [-0.1, -0.05) is 18.2 Å². The number of ether oxygens (including phenoxy) is 2. The zero-order valence-corrected chi connectivity index (χ0v) is 18.7. The molecule has 34 heavy (non-hydrogen) atoms. The molecule has 1 fully saturated rings. The van der Waals surface area contributed by atoms with E-state index in [0.717, 1.165) is 10.5 Å². The van der Waals surface area contributed by atoms with Crippen LogP contribution in [-0.2, 0) is 16.2 Å². The van der Waals surface area contributed by atoms with Gasteiger partial charge < -0.3 is 9.47 Å². The number of rotatable bonds is 6. The number of methoxy groups -OCH3 is 1. The largest absolute Gasteiger partial charge is 0.493 e. The first kappa shape index (κ1) is 23.1. The van der Waals surface area contributed by atoms with E-state index in [1.807, 2.05) is 0 Å². The van der Waals surface area contributed by atoms with Crippen molar-refractivity contribution in [3.05, 3.63) is 95.1 Å². The third-order valence-electron chi connectivity index (χ3n) is 4.99. The van der Waals surface area contributed by atoms with Gasteiger partial charge in [0.2, 0.25) is 0 Å². The topological polar surface area (TPSA) is 67.9 Å². The highest BCUT2D eigenvalue weighted by molar-refractivity contribution is 7.80. The summed E-state index contributed by atoms with van der Waals surface area (Å²) in [7, 11) is 1.46. The minimum absolute atomic E-state index is 0.0964. The van der Waals surface area contributed by atoms with E-state index in [0.29, 0.717) is 22.7 Å². The Bertz CT molecular complexity index is 1290. The summed E-state index contributed by atoms with van der Waals surface area (Å²) in [5.41, 5.74) is 1.46. The molecule has 1 aliphatic rings. The molecule has 0 bridgehead atoms. The summed E-state index contributed by atoms with van der Waals surface area (Å²) in [6.07, 6.45) is 1.40. The lowest BCUT2D eigenvalue weighted by atomic mass is 10.1. The van der Waals surface area contributed by atoms with E-state index in [4.69, 9.17) is 21.7 Å². The Balaban J connectivity index is 1.58. The maximum Gasteiger partial charge on any atom is 0.270 e. The Labute approximate surface area is 199 Å². The van der Waals surface area contributed by atoms with Gasteiger partial charge in [-0.05, 0) is 78.0 Å². The number of nitrogens with one attached hydrogen (secondary N) is 1. The second-order valence-corrected chi connectivity index (χ2v) is 7.65. The van der Waals surface area contributed by atoms with Crippen molar-refractivity contribution < 1.29 is 27.8 Å². The molecule has 0 aromatic heterocycles. The van der Waals surface area contributed by atoms with Crippen LogP contribution in [0.5, 0.6) is 11.5 Å². The van der Waals surface area contributed by atoms with Crippen molar-refractivity contribution in [1.29, 1.82) is 0 Å². The molecule has 4 rings (SSSR count). The maximum absolute atomic E-state index is 13.3. The number of nitrogens with zero attached hydrogens (tertiary/aromatic N) is 1. The highest BCUT2D eigenvalue weighted by Gasteiger charge is 2.34. The number of carbonyl (C=O) groups excluding carboxylic acids is 2. The van der Waals surface area contributed by atoms with E-state index in [-0.39, 0.29) is 23.1 Å². The van der Waals surface area contributed by atoms with Crippen molar-refractivity contribution in [2.45, 2.75) is 6.61 Å². The Kier molecular flexibility index (Phi) is 6.65. The molecule has 3 aromatic rings. The molecule has 0 atom stereocenters. The molecule has 0 aliphatic carbocycles. The third kappa shape index (κ3) is 4.94. The lowest BCUT2D eigenvalue weighted by Gasteiger charge is -2.28. The molecule has 2 amide bonds. The summed E-state index contributed by atoms with van der Waals surface area (Å²) >= 11 is 5.14. The van der Waals surface area contributed by atoms with E-state index >= 15 is 0 Å². The summed E-state index contributed by atoms with van der Waals surface area (Å²) in [6, 6.07) is 16.0. The predicted octanol–water partition coefficient (Wildman–Crippen LogP) is 4.38. The smallest absolute Gasteiger partial charge is 0.270 e. The molecule has 0 spiro atoms. The second-order valence-electron chi connectivity index (χ2n) is 7.26. The molecule has 0 radical (unpaired) electrons. The molecule has 1 N–H and O–H groups in total. The summed E-state index contributed by atoms with van der Waals surface area (Å²) in [5.74, 6) is -1.28. The third-order valence-corrected chi connectivity index (χ3v) is 5.28. The standard InChI is InChI=1S/C25H18F2N2O4S/c1-32-22-13-16(4-11-21(22)33-14-15-2-5-17(26)6-3-15)12-20-23(30)28-25(34)29(24(20)31)19-9-7-18(27)8-10-19/h2-13H,14H2,1H3,(H,28,30,34). The van der Waals surface area contributed by atoms with E-state index in [2.05, 4.69) is 5.32 Å². The van der Waals surface area contributed by atoms with Gasteiger partial charge in [-0.2, -0.15) is 0 Å². The van der Waals surface area contributed by atoms with Crippen LogP contribution >= 0.6 is 12.2 Å². The van der Waals surface area contributed by atoms with Gasteiger partial charge in [0.25, 0.3) is 11.8 Å². The van der Waals surface area contributed by atoms with Crippen LogP contribution in [0.25, 0.3) is 6.08 Å². The summed E-state index contributed by atoms with van der Waals surface area (Å²) in [4.78, 5) is 26.7. The van der Waals surface area contributed by atoms with Crippen molar-refractivity contribution in [1.82, 2.24) is 5.32 Å². The number of carbonyl (C=O) groups is 2. The van der Waals surface area contributed by atoms with Gasteiger partial charge in [0.05, 0.1) is 12.8 Å². The molecular formula is C25H18F2N2O4S. The fraction of sp³-hybridized carbons (Fsp3) is 0.0800. The van der Waals surface area contributed by atoms with Gasteiger partial charge in [0, 0.05) is 0 Å². The van der Waals surface area contributed by atoms with Crippen molar-refractivity contribution in [3.63, 3.8) is 0 Å². The van der Waals surface area contributed by atoms with Crippen LogP contribution in [0.1, 0.15) is 11.1 Å². The summed E-state index contributed by atoms with van der Waals surface area (Å²) in [5, 5.41) is 2.38. The highest BCUT2D eigenvalue weighted by atomic mass is 32.1. The number of amides is 2. The molecule has 3 aromatic carbocycles. The van der Waals surface area contributed by atoms with Crippen molar-refractivity contribution in [2.24, 2.45) is 0 Å². The number of hydrogen-bond acceptors (Lipinski definition) is 5.